The third-order valence-corrected chi connectivity index (χ3v) is 6.99. The number of primary sulfonamides is 1. The molecule has 0 saturated carbocycles. The van der Waals surface area contributed by atoms with Crippen LogP contribution in [0.3, 0.4) is 0 Å². The lowest BCUT2D eigenvalue weighted by Crippen LogP contribution is -2.40. The van der Waals surface area contributed by atoms with Crippen molar-refractivity contribution in [2.45, 2.75) is 15.3 Å². The van der Waals surface area contributed by atoms with Crippen LogP contribution in [-0.4, -0.2) is 63.6 Å². The first kappa shape index (κ1) is 17.2. The SMILES string of the molecule is CCN(CCN1CCOCC1)Sc1ccc(S(N)(=O)=O)s1. The number of sulfonamides is 1. The Hall–Kier alpha value is -0.160. The molecule has 1 fully saturated rings. The van der Waals surface area contributed by atoms with E-state index in [0.717, 1.165) is 50.1 Å². The van der Waals surface area contributed by atoms with Crippen molar-refractivity contribution in [3.63, 3.8) is 0 Å². The minimum Gasteiger partial charge on any atom is -0.379 e. The first-order chi connectivity index (χ1) is 9.99. The van der Waals surface area contributed by atoms with E-state index >= 15 is 0 Å². The second kappa shape index (κ2) is 7.91. The number of likely N-dealkylation sites (N-methyl/N-ethyl adjacent to an activating group) is 1. The molecule has 0 unspecified atom stereocenters. The lowest BCUT2D eigenvalue weighted by atomic mass is 10.4. The number of hydrogen-bond acceptors (Lipinski definition) is 7. The summed E-state index contributed by atoms with van der Waals surface area (Å²) < 4.78 is 31.3. The molecule has 0 amide bonds. The van der Waals surface area contributed by atoms with Crippen LogP contribution in [0.2, 0.25) is 0 Å². The predicted octanol–water partition coefficient (Wildman–Crippen LogP) is 1.06. The average molecular weight is 352 g/mol. The smallest absolute Gasteiger partial charge is 0.247 e. The van der Waals surface area contributed by atoms with Crippen LogP contribution < -0.4 is 5.14 Å². The minimum atomic E-state index is -3.59. The molecule has 1 aliphatic heterocycles. The van der Waals surface area contributed by atoms with Crippen molar-refractivity contribution in [1.82, 2.24) is 9.21 Å². The van der Waals surface area contributed by atoms with Crippen LogP contribution in [0.5, 0.6) is 0 Å². The van der Waals surface area contributed by atoms with Crippen LogP contribution in [0, 0.1) is 0 Å². The normalized spacial score (nSPS) is 17.5. The first-order valence-corrected chi connectivity index (χ1v) is 9.98. The molecule has 1 aliphatic rings. The maximum absolute atomic E-state index is 11.3. The van der Waals surface area contributed by atoms with Gasteiger partial charge in [-0.15, -0.1) is 11.3 Å². The lowest BCUT2D eigenvalue weighted by molar-refractivity contribution is 0.0366. The van der Waals surface area contributed by atoms with E-state index in [2.05, 4.69) is 16.1 Å². The van der Waals surface area contributed by atoms with E-state index in [9.17, 15) is 8.42 Å². The van der Waals surface area contributed by atoms with Crippen molar-refractivity contribution < 1.29 is 13.2 Å². The number of ether oxygens (including phenoxy) is 1. The molecule has 2 N–H and O–H groups in total. The van der Waals surface area contributed by atoms with Gasteiger partial charge in [0.2, 0.25) is 10.0 Å². The van der Waals surface area contributed by atoms with Crippen LogP contribution >= 0.6 is 23.3 Å². The molecule has 1 aromatic rings. The molecule has 21 heavy (non-hydrogen) atoms. The standard InChI is InChI=1S/C12H21N3O3S3/c1-2-15(6-5-14-7-9-18-10-8-14)20-11-3-4-12(19-11)21(13,16)17/h3-4H,2,5-10H2,1H3,(H2,13,16,17). The molecule has 0 bridgehead atoms. The largest absolute Gasteiger partial charge is 0.379 e. The number of nitrogens with zero attached hydrogens (tertiary/aromatic N) is 2. The zero-order chi connectivity index (χ0) is 15.3. The Bertz CT molecular complexity index is 541. The molecule has 0 spiro atoms. The summed E-state index contributed by atoms with van der Waals surface area (Å²) in [5.41, 5.74) is 0. The molecule has 6 nitrogen and oxygen atoms in total. The van der Waals surface area contributed by atoms with Gasteiger partial charge < -0.3 is 4.74 Å². The maximum Gasteiger partial charge on any atom is 0.247 e. The van der Waals surface area contributed by atoms with Crippen molar-refractivity contribution in [3.8, 4) is 0 Å². The molecular formula is C12H21N3O3S3. The Morgan fingerprint density at radius 2 is 2.14 bits per heavy atom. The topological polar surface area (TPSA) is 75.9 Å². The summed E-state index contributed by atoms with van der Waals surface area (Å²) in [6.07, 6.45) is 0. The van der Waals surface area contributed by atoms with E-state index in [0.29, 0.717) is 0 Å². The first-order valence-electron chi connectivity index (χ1n) is 6.84. The third kappa shape index (κ3) is 5.51. The number of hydrogen-bond donors (Lipinski definition) is 1. The summed E-state index contributed by atoms with van der Waals surface area (Å²) in [5.74, 6) is 0. The molecule has 120 valence electrons. The van der Waals surface area contributed by atoms with Crippen LogP contribution in [-0.2, 0) is 14.8 Å². The van der Waals surface area contributed by atoms with Gasteiger partial charge in [-0.1, -0.05) is 6.92 Å². The Balaban J connectivity index is 1.85. The van der Waals surface area contributed by atoms with Crippen LogP contribution in [0.25, 0.3) is 0 Å². The third-order valence-electron chi connectivity index (χ3n) is 3.18. The van der Waals surface area contributed by atoms with Crippen LogP contribution in [0.4, 0.5) is 0 Å². The molecule has 0 radical (unpaired) electrons. The van der Waals surface area contributed by atoms with Gasteiger partial charge in [0, 0.05) is 32.7 Å². The van der Waals surface area contributed by atoms with E-state index < -0.39 is 10.0 Å². The fourth-order valence-electron chi connectivity index (χ4n) is 1.98. The van der Waals surface area contributed by atoms with Crippen molar-refractivity contribution in [2.75, 3.05) is 45.9 Å². The summed E-state index contributed by atoms with van der Waals surface area (Å²) in [4.78, 5) is 2.39. The van der Waals surface area contributed by atoms with E-state index in [1.165, 1.54) is 11.3 Å². The van der Waals surface area contributed by atoms with Gasteiger partial charge in [0.15, 0.2) is 0 Å². The molecule has 2 heterocycles. The van der Waals surface area contributed by atoms with Crippen molar-refractivity contribution in [2.24, 2.45) is 5.14 Å². The number of thiophene rings is 1. The maximum atomic E-state index is 11.3. The molecule has 9 heteroatoms. The highest BCUT2D eigenvalue weighted by molar-refractivity contribution is 7.99. The highest BCUT2D eigenvalue weighted by Gasteiger charge is 2.15. The number of nitrogens with two attached hydrogens (primary N) is 1. The number of morpholine rings is 1. The molecule has 0 atom stereocenters. The zero-order valence-corrected chi connectivity index (χ0v) is 14.5. The highest BCUT2D eigenvalue weighted by Crippen LogP contribution is 2.31. The average Bonchev–Trinajstić information content (AvgIpc) is 2.93. The molecular weight excluding hydrogens is 330 g/mol. The van der Waals surface area contributed by atoms with Gasteiger partial charge >= 0.3 is 0 Å². The molecule has 2 rings (SSSR count). The summed E-state index contributed by atoms with van der Waals surface area (Å²) in [6.45, 7) is 8.51. The predicted molar refractivity (Wildman–Crippen MR) is 86.1 cm³/mol. The Morgan fingerprint density at radius 3 is 2.71 bits per heavy atom. The molecule has 1 saturated heterocycles. The number of rotatable bonds is 7. The van der Waals surface area contributed by atoms with E-state index in [4.69, 9.17) is 9.88 Å². The highest BCUT2D eigenvalue weighted by atomic mass is 32.3. The summed E-state index contributed by atoms with van der Waals surface area (Å²) >= 11 is 2.81. The summed E-state index contributed by atoms with van der Waals surface area (Å²) in [7, 11) is -3.59. The van der Waals surface area contributed by atoms with Gasteiger partial charge in [-0.05, 0) is 24.1 Å². The van der Waals surface area contributed by atoms with Crippen molar-refractivity contribution >= 4 is 33.3 Å². The Labute approximate surface area is 134 Å². The van der Waals surface area contributed by atoms with Gasteiger partial charge in [-0.3, -0.25) is 4.90 Å². The molecule has 0 aromatic carbocycles. The minimum absolute atomic E-state index is 0.217. The fraction of sp³-hybridized carbons (Fsp3) is 0.667. The van der Waals surface area contributed by atoms with Crippen LogP contribution in [0.15, 0.2) is 20.6 Å². The van der Waals surface area contributed by atoms with Gasteiger partial charge in [-0.25, -0.2) is 17.9 Å². The van der Waals surface area contributed by atoms with Gasteiger partial charge in [0.05, 0.1) is 17.4 Å². The monoisotopic (exact) mass is 351 g/mol. The van der Waals surface area contributed by atoms with Crippen molar-refractivity contribution in [3.05, 3.63) is 12.1 Å². The zero-order valence-electron chi connectivity index (χ0n) is 12.0. The quantitative estimate of drug-likeness (QED) is 0.740. The van der Waals surface area contributed by atoms with E-state index in [1.54, 1.807) is 18.0 Å². The second-order valence-corrected chi connectivity index (χ2v) is 8.95. The Morgan fingerprint density at radius 1 is 1.43 bits per heavy atom. The summed E-state index contributed by atoms with van der Waals surface area (Å²) in [6, 6.07) is 3.38. The van der Waals surface area contributed by atoms with Gasteiger partial charge in [0.1, 0.15) is 4.21 Å². The Kier molecular flexibility index (Phi) is 6.48. The van der Waals surface area contributed by atoms with Gasteiger partial charge in [0.25, 0.3) is 0 Å². The second-order valence-electron chi connectivity index (χ2n) is 4.69. The summed E-state index contributed by atoms with van der Waals surface area (Å²) in [5, 5.41) is 5.13. The fourth-order valence-corrected chi connectivity index (χ4v) is 5.02. The van der Waals surface area contributed by atoms with Crippen LogP contribution in [0.1, 0.15) is 6.92 Å². The lowest BCUT2D eigenvalue weighted by Gasteiger charge is -2.28. The van der Waals surface area contributed by atoms with Crippen molar-refractivity contribution in [1.29, 1.82) is 0 Å². The molecule has 1 aromatic heterocycles. The van der Waals surface area contributed by atoms with Gasteiger partial charge in [-0.2, -0.15) is 0 Å². The molecule has 0 aliphatic carbocycles. The van der Waals surface area contributed by atoms with E-state index in [-0.39, 0.29) is 4.21 Å². The van der Waals surface area contributed by atoms with E-state index in [1.807, 2.05) is 6.07 Å².